The van der Waals surface area contributed by atoms with Crippen LogP contribution in [-0.4, -0.2) is 78.9 Å². The summed E-state index contributed by atoms with van der Waals surface area (Å²) in [6, 6.07) is 5.85. The lowest BCUT2D eigenvalue weighted by Gasteiger charge is -2.27. The van der Waals surface area contributed by atoms with Crippen LogP contribution in [0.4, 0.5) is 0 Å². The lowest BCUT2D eigenvalue weighted by atomic mass is 10.0. The molecule has 0 fully saturated rings. The molecule has 0 radical (unpaired) electrons. The first-order valence-electron chi connectivity index (χ1n) is 13.9. The number of carboxylic acid groups (broad SMARTS) is 1. The Morgan fingerprint density at radius 1 is 0.947 bits per heavy atom. The number of aromatic carboxylic acids is 1. The molecule has 3 aromatic rings. The number of H-pyrrole nitrogens is 2. The predicted octanol–water partition coefficient (Wildman–Crippen LogP) is 4.93. The van der Waals surface area contributed by atoms with Crippen LogP contribution in [-0.2, 0) is 19.6 Å². The molecule has 0 saturated carbocycles. The first-order chi connectivity index (χ1) is 18.4. The quantitative estimate of drug-likeness (QED) is 0.203. The highest BCUT2D eigenvalue weighted by molar-refractivity contribution is 5.89. The zero-order valence-electron chi connectivity index (χ0n) is 23.5. The number of aromatic amines is 2. The number of hydrogen-bond donors (Lipinski definition) is 3. The molecule has 2 heterocycles. The summed E-state index contributed by atoms with van der Waals surface area (Å²) >= 11 is 0. The van der Waals surface area contributed by atoms with E-state index in [9.17, 15) is 9.90 Å². The number of unbranched alkanes of at least 4 members (excludes halogenated alkanes) is 1. The van der Waals surface area contributed by atoms with Gasteiger partial charge in [0.15, 0.2) is 0 Å². The van der Waals surface area contributed by atoms with Crippen LogP contribution < -0.4 is 0 Å². The molecular weight excluding hydrogens is 478 g/mol. The summed E-state index contributed by atoms with van der Waals surface area (Å²) in [6.45, 7) is 12.8. The molecule has 1 aromatic carbocycles. The SMILES string of the molecule is CCCN(CCC)CCCCN(C)Cc1ccc(CN(Cc2ncc[nH]2)C(C)c2ncc[nH]2)cc1C(=O)O. The molecule has 3 N–H and O–H groups in total. The van der Waals surface area contributed by atoms with E-state index in [2.05, 4.69) is 62.5 Å². The summed E-state index contributed by atoms with van der Waals surface area (Å²) in [5.41, 5.74) is 2.17. The first-order valence-corrected chi connectivity index (χ1v) is 13.9. The van der Waals surface area contributed by atoms with E-state index in [1.54, 1.807) is 12.4 Å². The molecule has 3 rings (SSSR count). The zero-order valence-corrected chi connectivity index (χ0v) is 23.5. The Hall–Kier alpha value is -3.01. The maximum atomic E-state index is 12.2. The molecule has 0 amide bonds. The molecule has 1 unspecified atom stereocenters. The van der Waals surface area contributed by atoms with Gasteiger partial charge >= 0.3 is 5.97 Å². The van der Waals surface area contributed by atoms with E-state index in [-0.39, 0.29) is 6.04 Å². The van der Waals surface area contributed by atoms with Crippen LogP contribution in [0.1, 0.15) is 85.6 Å². The summed E-state index contributed by atoms with van der Waals surface area (Å²) in [5, 5.41) is 10.0. The van der Waals surface area contributed by atoms with Gasteiger partial charge in [-0.05, 0) is 83.0 Å². The van der Waals surface area contributed by atoms with Crippen molar-refractivity contribution >= 4 is 5.97 Å². The Morgan fingerprint density at radius 3 is 2.29 bits per heavy atom. The highest BCUT2D eigenvalue weighted by Gasteiger charge is 2.21. The number of hydrogen-bond acceptors (Lipinski definition) is 6. The lowest BCUT2D eigenvalue weighted by Crippen LogP contribution is -2.28. The zero-order chi connectivity index (χ0) is 27.3. The van der Waals surface area contributed by atoms with Crippen molar-refractivity contribution < 1.29 is 9.90 Å². The standard InChI is InChI=1S/C29H45N7O2/c1-5-15-35(16-6-2)18-8-7-17-34(4)21-25-10-9-24(19-26(25)29(37)38)20-36(22-27-30-11-12-31-27)23(3)28-32-13-14-33-28/h9-14,19,23H,5-8,15-18,20-22H2,1-4H3,(H,30,31)(H,32,33)(H,37,38). The molecule has 2 aromatic heterocycles. The van der Waals surface area contributed by atoms with Gasteiger partial charge in [0.2, 0.25) is 0 Å². The van der Waals surface area contributed by atoms with Gasteiger partial charge in [0, 0.05) is 37.9 Å². The number of imidazole rings is 2. The molecule has 0 saturated heterocycles. The number of carbonyl (C=O) groups is 1. The van der Waals surface area contributed by atoms with Crippen molar-refractivity contribution in [2.75, 3.05) is 33.2 Å². The summed E-state index contributed by atoms with van der Waals surface area (Å²) in [5.74, 6) is 0.829. The molecular formula is C29H45N7O2. The van der Waals surface area contributed by atoms with E-state index in [1.807, 2.05) is 30.6 Å². The molecule has 38 heavy (non-hydrogen) atoms. The van der Waals surface area contributed by atoms with Crippen LogP contribution in [0.25, 0.3) is 0 Å². The van der Waals surface area contributed by atoms with Crippen LogP contribution in [0, 0.1) is 0 Å². The molecule has 0 aliphatic heterocycles. The van der Waals surface area contributed by atoms with Crippen LogP contribution in [0.2, 0.25) is 0 Å². The fourth-order valence-electron chi connectivity index (χ4n) is 4.93. The van der Waals surface area contributed by atoms with Gasteiger partial charge in [-0.15, -0.1) is 0 Å². The van der Waals surface area contributed by atoms with Crippen molar-refractivity contribution in [3.05, 3.63) is 71.3 Å². The number of benzene rings is 1. The molecule has 1 atom stereocenters. The minimum absolute atomic E-state index is 0.000218. The van der Waals surface area contributed by atoms with E-state index < -0.39 is 5.97 Å². The monoisotopic (exact) mass is 523 g/mol. The molecule has 0 spiro atoms. The molecule has 0 aliphatic rings. The second-order valence-electron chi connectivity index (χ2n) is 10.2. The largest absolute Gasteiger partial charge is 0.478 e. The van der Waals surface area contributed by atoms with Gasteiger partial charge in [0.1, 0.15) is 11.6 Å². The number of nitrogens with zero attached hydrogens (tertiary/aromatic N) is 5. The normalized spacial score (nSPS) is 12.6. The van der Waals surface area contributed by atoms with Gasteiger partial charge in [0.25, 0.3) is 0 Å². The van der Waals surface area contributed by atoms with Crippen molar-refractivity contribution in [2.24, 2.45) is 0 Å². The van der Waals surface area contributed by atoms with Crippen molar-refractivity contribution in [3.8, 4) is 0 Å². The van der Waals surface area contributed by atoms with E-state index in [4.69, 9.17) is 0 Å². The topological polar surface area (TPSA) is 104 Å². The Labute approximate surface area is 227 Å². The second kappa shape index (κ2) is 15.4. The Morgan fingerprint density at radius 2 is 1.66 bits per heavy atom. The lowest BCUT2D eigenvalue weighted by molar-refractivity contribution is 0.0694. The minimum atomic E-state index is -0.887. The third kappa shape index (κ3) is 9.08. The van der Waals surface area contributed by atoms with Crippen molar-refractivity contribution in [2.45, 2.75) is 72.1 Å². The number of nitrogens with one attached hydrogen (secondary N) is 2. The number of aromatic nitrogens is 4. The van der Waals surface area contributed by atoms with E-state index in [0.29, 0.717) is 25.2 Å². The summed E-state index contributed by atoms with van der Waals surface area (Å²) in [6.07, 6.45) is 11.8. The predicted molar refractivity (Wildman–Crippen MR) is 151 cm³/mol. The Bertz CT molecular complexity index is 1060. The van der Waals surface area contributed by atoms with Gasteiger partial charge < -0.3 is 24.9 Å². The maximum Gasteiger partial charge on any atom is 0.336 e. The average molecular weight is 524 g/mol. The van der Waals surface area contributed by atoms with Gasteiger partial charge in [-0.1, -0.05) is 26.0 Å². The fraction of sp³-hybridized carbons (Fsp3) is 0.552. The first kappa shape index (κ1) is 29.5. The van der Waals surface area contributed by atoms with Crippen molar-refractivity contribution in [1.29, 1.82) is 0 Å². The minimum Gasteiger partial charge on any atom is -0.478 e. The molecule has 0 aliphatic carbocycles. The van der Waals surface area contributed by atoms with Crippen molar-refractivity contribution in [1.82, 2.24) is 34.6 Å². The van der Waals surface area contributed by atoms with Gasteiger partial charge in [0.05, 0.1) is 18.2 Å². The van der Waals surface area contributed by atoms with Gasteiger partial charge in [-0.25, -0.2) is 14.8 Å². The smallest absolute Gasteiger partial charge is 0.336 e. The molecule has 0 bridgehead atoms. The van der Waals surface area contributed by atoms with Crippen LogP contribution in [0.15, 0.2) is 43.0 Å². The Balaban J connectivity index is 1.63. The highest BCUT2D eigenvalue weighted by Crippen LogP contribution is 2.23. The maximum absolute atomic E-state index is 12.2. The van der Waals surface area contributed by atoms with Gasteiger partial charge in [-0.2, -0.15) is 0 Å². The number of rotatable bonds is 18. The highest BCUT2D eigenvalue weighted by atomic mass is 16.4. The average Bonchev–Trinajstić information content (AvgIpc) is 3.61. The van der Waals surface area contributed by atoms with Crippen LogP contribution in [0.3, 0.4) is 0 Å². The van der Waals surface area contributed by atoms with Crippen molar-refractivity contribution in [3.63, 3.8) is 0 Å². The number of carboxylic acids is 1. The third-order valence-corrected chi connectivity index (χ3v) is 6.94. The summed E-state index contributed by atoms with van der Waals surface area (Å²) in [7, 11) is 2.07. The van der Waals surface area contributed by atoms with E-state index >= 15 is 0 Å². The molecule has 9 heteroatoms. The molecule has 9 nitrogen and oxygen atoms in total. The third-order valence-electron chi connectivity index (χ3n) is 6.94. The summed E-state index contributed by atoms with van der Waals surface area (Å²) < 4.78 is 0. The van der Waals surface area contributed by atoms with E-state index in [1.165, 1.54) is 12.8 Å². The second-order valence-corrected chi connectivity index (χ2v) is 10.2. The van der Waals surface area contributed by atoms with Gasteiger partial charge in [-0.3, -0.25) is 4.90 Å². The van der Waals surface area contributed by atoms with Crippen LogP contribution >= 0.6 is 0 Å². The molecule has 208 valence electrons. The fourth-order valence-corrected chi connectivity index (χ4v) is 4.93. The Kier molecular flexibility index (Phi) is 12.0. The summed E-state index contributed by atoms with van der Waals surface area (Å²) in [4.78, 5) is 34.4. The van der Waals surface area contributed by atoms with E-state index in [0.717, 1.165) is 61.8 Å². The van der Waals surface area contributed by atoms with Crippen LogP contribution in [0.5, 0.6) is 0 Å².